The fourth-order valence-corrected chi connectivity index (χ4v) is 3.03. The highest BCUT2D eigenvalue weighted by Crippen LogP contribution is 2.37. The van der Waals surface area contributed by atoms with Crippen LogP contribution in [0.1, 0.15) is 22.5 Å². The lowest BCUT2D eigenvalue weighted by Gasteiger charge is -1.97. The first-order chi connectivity index (χ1) is 8.24. The van der Waals surface area contributed by atoms with Crippen molar-refractivity contribution < 1.29 is 4.79 Å². The lowest BCUT2D eigenvalue weighted by Crippen LogP contribution is -1.96. The predicted molar refractivity (Wildman–Crippen MR) is 71.8 cm³/mol. The molecule has 2 aromatic rings. The maximum Gasteiger partial charge on any atom is 0.175 e. The number of thiophene rings is 1. The Morgan fingerprint density at radius 2 is 2.06 bits per heavy atom. The summed E-state index contributed by atoms with van der Waals surface area (Å²) in [5.41, 5.74) is 1.08. The minimum atomic E-state index is 0.292. The average molecular weight is 263 g/mol. The second-order valence-corrected chi connectivity index (χ2v) is 5.83. The molecule has 0 spiro atoms. The Hall–Kier alpha value is -1.12. The van der Waals surface area contributed by atoms with Gasteiger partial charge in [0.25, 0.3) is 0 Å². The zero-order valence-corrected chi connectivity index (χ0v) is 10.7. The van der Waals surface area contributed by atoms with E-state index in [9.17, 15) is 4.79 Å². The van der Waals surface area contributed by atoms with E-state index in [1.54, 1.807) is 11.3 Å². The van der Waals surface area contributed by atoms with Crippen LogP contribution in [-0.4, -0.2) is 5.78 Å². The summed E-state index contributed by atoms with van der Waals surface area (Å²) in [7, 11) is 0. The van der Waals surface area contributed by atoms with E-state index in [-0.39, 0.29) is 0 Å². The molecule has 0 unspecified atom stereocenters. The highest BCUT2D eigenvalue weighted by Gasteiger charge is 2.31. The molecule has 0 amide bonds. The first-order valence-electron chi connectivity index (χ1n) is 5.64. The van der Waals surface area contributed by atoms with Gasteiger partial charge in [-0.1, -0.05) is 23.7 Å². The lowest BCUT2D eigenvalue weighted by atomic mass is 10.2. The molecule has 86 valence electrons. The number of ketones is 1. The van der Waals surface area contributed by atoms with Gasteiger partial charge >= 0.3 is 0 Å². The van der Waals surface area contributed by atoms with E-state index in [2.05, 4.69) is 0 Å². The molecular formula is C14H11ClOS. The van der Waals surface area contributed by atoms with Gasteiger partial charge in [0.15, 0.2) is 5.78 Å². The average Bonchev–Trinajstić information content (AvgIpc) is 3.05. The van der Waals surface area contributed by atoms with Crippen molar-refractivity contribution in [2.45, 2.75) is 12.8 Å². The Balaban J connectivity index is 1.91. The summed E-state index contributed by atoms with van der Waals surface area (Å²) < 4.78 is 0. The molecule has 3 heteroatoms. The van der Waals surface area contributed by atoms with Crippen molar-refractivity contribution in [2.75, 3.05) is 0 Å². The SMILES string of the molecule is O=C(c1ccc(-c2cccc(Cl)c2)s1)C1CC1. The van der Waals surface area contributed by atoms with Gasteiger partial charge in [-0.25, -0.2) is 0 Å². The summed E-state index contributed by atoms with van der Waals surface area (Å²) in [5, 5.41) is 0.728. The fourth-order valence-electron chi connectivity index (χ4n) is 1.81. The number of benzene rings is 1. The van der Waals surface area contributed by atoms with Crippen molar-refractivity contribution in [1.29, 1.82) is 0 Å². The maximum absolute atomic E-state index is 11.9. The third-order valence-corrected chi connectivity index (χ3v) is 4.29. The third kappa shape index (κ3) is 2.28. The van der Waals surface area contributed by atoms with E-state index < -0.39 is 0 Å². The monoisotopic (exact) mass is 262 g/mol. The molecule has 1 aromatic heterocycles. The molecule has 3 rings (SSSR count). The highest BCUT2D eigenvalue weighted by molar-refractivity contribution is 7.17. The zero-order chi connectivity index (χ0) is 11.8. The molecule has 1 nitrogen and oxygen atoms in total. The van der Waals surface area contributed by atoms with Gasteiger partial charge in [-0.3, -0.25) is 4.79 Å². The number of hydrogen-bond donors (Lipinski definition) is 0. The van der Waals surface area contributed by atoms with Crippen LogP contribution in [0.25, 0.3) is 10.4 Å². The molecule has 17 heavy (non-hydrogen) atoms. The summed E-state index contributed by atoms with van der Waals surface area (Å²) in [5.74, 6) is 0.601. The molecule has 0 N–H and O–H groups in total. The van der Waals surface area contributed by atoms with Crippen molar-refractivity contribution in [3.05, 3.63) is 46.3 Å². The van der Waals surface area contributed by atoms with Crippen LogP contribution in [0, 0.1) is 5.92 Å². The molecule has 0 saturated heterocycles. The molecule has 0 radical (unpaired) electrons. The molecule has 1 aliphatic carbocycles. The summed E-state index contributed by atoms with van der Waals surface area (Å²) in [4.78, 5) is 13.9. The van der Waals surface area contributed by atoms with Gasteiger partial charge in [0.2, 0.25) is 0 Å². The van der Waals surface area contributed by atoms with Crippen LogP contribution in [-0.2, 0) is 0 Å². The second-order valence-electron chi connectivity index (χ2n) is 4.31. The Labute approximate surface area is 109 Å². The van der Waals surface area contributed by atoms with Crippen LogP contribution in [0.3, 0.4) is 0 Å². The standard InChI is InChI=1S/C14H11ClOS/c15-11-3-1-2-10(8-11)12-6-7-13(17-12)14(16)9-4-5-9/h1-3,6-9H,4-5H2. The molecular weight excluding hydrogens is 252 g/mol. The van der Waals surface area contributed by atoms with Crippen LogP contribution in [0.4, 0.5) is 0 Å². The number of rotatable bonds is 3. The van der Waals surface area contributed by atoms with Gasteiger partial charge in [0.05, 0.1) is 4.88 Å². The van der Waals surface area contributed by atoms with Crippen molar-refractivity contribution in [3.8, 4) is 10.4 Å². The number of halogens is 1. The molecule has 0 aliphatic heterocycles. The van der Waals surface area contributed by atoms with Crippen molar-refractivity contribution in [3.63, 3.8) is 0 Å². The quantitative estimate of drug-likeness (QED) is 0.735. The van der Waals surface area contributed by atoms with Crippen molar-refractivity contribution in [2.24, 2.45) is 5.92 Å². The van der Waals surface area contributed by atoms with Gasteiger partial charge in [-0.2, -0.15) is 0 Å². The van der Waals surface area contributed by atoms with Crippen LogP contribution in [0.5, 0.6) is 0 Å². The van der Waals surface area contributed by atoms with E-state index in [1.807, 2.05) is 36.4 Å². The molecule has 1 saturated carbocycles. The van der Waals surface area contributed by atoms with Crippen LogP contribution < -0.4 is 0 Å². The Morgan fingerprint density at radius 3 is 2.76 bits per heavy atom. The summed E-state index contributed by atoms with van der Waals surface area (Å²) in [6.45, 7) is 0. The molecule has 1 aromatic carbocycles. The Morgan fingerprint density at radius 1 is 1.24 bits per heavy atom. The number of carbonyl (C=O) groups excluding carboxylic acids is 1. The van der Waals surface area contributed by atoms with Crippen molar-refractivity contribution in [1.82, 2.24) is 0 Å². The van der Waals surface area contributed by atoms with Crippen LogP contribution >= 0.6 is 22.9 Å². The molecule has 0 atom stereocenters. The van der Waals surface area contributed by atoms with Gasteiger partial charge in [-0.15, -0.1) is 11.3 Å². The zero-order valence-electron chi connectivity index (χ0n) is 9.15. The predicted octanol–water partition coefficient (Wildman–Crippen LogP) is 4.66. The molecule has 0 bridgehead atoms. The number of carbonyl (C=O) groups is 1. The van der Waals surface area contributed by atoms with Gasteiger partial charge < -0.3 is 0 Å². The summed E-state index contributed by atoms with van der Waals surface area (Å²) >= 11 is 7.53. The van der Waals surface area contributed by atoms with Crippen LogP contribution in [0.2, 0.25) is 5.02 Å². The van der Waals surface area contributed by atoms with Crippen molar-refractivity contribution >= 4 is 28.7 Å². The topological polar surface area (TPSA) is 17.1 Å². The Kier molecular flexibility index (Phi) is 2.77. The first kappa shape index (κ1) is 11.0. The minimum absolute atomic E-state index is 0.292. The minimum Gasteiger partial charge on any atom is -0.293 e. The van der Waals surface area contributed by atoms with E-state index in [0.717, 1.165) is 33.2 Å². The third-order valence-electron chi connectivity index (χ3n) is 2.91. The summed E-state index contributed by atoms with van der Waals surface area (Å²) in [6, 6.07) is 11.7. The molecule has 1 fully saturated rings. The van der Waals surface area contributed by atoms with Gasteiger partial charge in [0.1, 0.15) is 0 Å². The first-order valence-corrected chi connectivity index (χ1v) is 6.83. The van der Waals surface area contributed by atoms with Crippen LogP contribution in [0.15, 0.2) is 36.4 Å². The molecule has 1 aliphatic rings. The largest absolute Gasteiger partial charge is 0.293 e. The fraction of sp³-hybridized carbons (Fsp3) is 0.214. The number of hydrogen-bond acceptors (Lipinski definition) is 2. The Bertz CT molecular complexity index is 569. The normalized spacial score (nSPS) is 14.9. The highest BCUT2D eigenvalue weighted by atomic mass is 35.5. The number of Topliss-reactive ketones (excluding diaryl/α,β-unsaturated/α-hetero) is 1. The maximum atomic E-state index is 11.9. The van der Waals surface area contributed by atoms with Gasteiger partial charge in [-0.05, 0) is 42.7 Å². The van der Waals surface area contributed by atoms with E-state index >= 15 is 0 Å². The molecule has 1 heterocycles. The van der Waals surface area contributed by atoms with Gasteiger partial charge in [0, 0.05) is 15.8 Å². The summed E-state index contributed by atoms with van der Waals surface area (Å²) in [6.07, 6.45) is 2.12. The lowest BCUT2D eigenvalue weighted by molar-refractivity contribution is 0.0971. The van der Waals surface area contributed by atoms with E-state index in [1.165, 1.54) is 0 Å². The van der Waals surface area contributed by atoms with E-state index in [0.29, 0.717) is 11.7 Å². The second kappa shape index (κ2) is 4.28. The van der Waals surface area contributed by atoms with E-state index in [4.69, 9.17) is 11.6 Å². The smallest absolute Gasteiger partial charge is 0.175 e.